The minimum atomic E-state index is -3.28. The highest BCUT2D eigenvalue weighted by Gasteiger charge is 2.06. The molecular formula is C9H17NO4S. The lowest BCUT2D eigenvalue weighted by Crippen LogP contribution is -2.25. The molecule has 0 saturated heterocycles. The van der Waals surface area contributed by atoms with Crippen LogP contribution >= 0.6 is 0 Å². The maximum absolute atomic E-state index is 11.2. The van der Waals surface area contributed by atoms with Gasteiger partial charge in [-0.2, -0.15) is 0 Å². The fourth-order valence-corrected chi connectivity index (χ4v) is 1.54. The molecule has 1 amide bonds. The number of amides is 1. The van der Waals surface area contributed by atoms with Crippen LogP contribution in [0, 0.1) is 0 Å². The van der Waals surface area contributed by atoms with Crippen molar-refractivity contribution >= 4 is 15.7 Å². The SMILES string of the molecule is CCCCONC(=O)/C(C)=C/S(C)(=O)=O. The van der Waals surface area contributed by atoms with Crippen molar-refractivity contribution in [2.45, 2.75) is 26.7 Å². The molecule has 6 heteroatoms. The first-order valence-electron chi connectivity index (χ1n) is 4.67. The summed E-state index contributed by atoms with van der Waals surface area (Å²) < 4.78 is 21.7. The van der Waals surface area contributed by atoms with E-state index in [1.807, 2.05) is 6.92 Å². The molecule has 0 saturated carbocycles. The van der Waals surface area contributed by atoms with Crippen LogP contribution < -0.4 is 5.48 Å². The molecule has 0 bridgehead atoms. The van der Waals surface area contributed by atoms with Gasteiger partial charge in [-0.3, -0.25) is 9.63 Å². The maximum Gasteiger partial charge on any atom is 0.271 e. The minimum absolute atomic E-state index is 0.106. The summed E-state index contributed by atoms with van der Waals surface area (Å²) in [5.41, 5.74) is 2.27. The van der Waals surface area contributed by atoms with Crippen LogP contribution in [0.25, 0.3) is 0 Å². The second-order valence-corrected chi connectivity index (χ2v) is 5.16. The topological polar surface area (TPSA) is 72.5 Å². The Morgan fingerprint density at radius 2 is 2.07 bits per heavy atom. The monoisotopic (exact) mass is 235 g/mol. The average molecular weight is 235 g/mol. The Hall–Kier alpha value is -0.880. The molecule has 0 aromatic carbocycles. The first kappa shape index (κ1) is 14.1. The van der Waals surface area contributed by atoms with Gasteiger partial charge in [0.25, 0.3) is 5.91 Å². The summed E-state index contributed by atoms with van der Waals surface area (Å²) in [5.74, 6) is -0.531. The lowest BCUT2D eigenvalue weighted by molar-refractivity contribution is -0.129. The number of carbonyl (C=O) groups is 1. The fourth-order valence-electron chi connectivity index (χ4n) is 0.788. The van der Waals surface area contributed by atoms with Gasteiger partial charge >= 0.3 is 0 Å². The Bertz CT molecular complexity index is 332. The fraction of sp³-hybridized carbons (Fsp3) is 0.667. The van der Waals surface area contributed by atoms with Crippen LogP contribution in [0.15, 0.2) is 11.0 Å². The van der Waals surface area contributed by atoms with Crippen molar-refractivity contribution in [2.75, 3.05) is 12.9 Å². The smallest absolute Gasteiger partial charge is 0.271 e. The molecule has 0 aliphatic heterocycles. The molecule has 0 aromatic rings. The third kappa shape index (κ3) is 8.14. The minimum Gasteiger partial charge on any atom is -0.273 e. The molecule has 15 heavy (non-hydrogen) atoms. The number of hydroxylamine groups is 1. The summed E-state index contributed by atoms with van der Waals surface area (Å²) in [4.78, 5) is 16.1. The van der Waals surface area contributed by atoms with Gasteiger partial charge in [-0.25, -0.2) is 13.9 Å². The van der Waals surface area contributed by atoms with E-state index < -0.39 is 15.7 Å². The molecule has 0 aliphatic carbocycles. The van der Waals surface area contributed by atoms with Gasteiger partial charge in [0.1, 0.15) is 0 Å². The van der Waals surface area contributed by atoms with Crippen molar-refractivity contribution in [2.24, 2.45) is 0 Å². The average Bonchev–Trinajstić information content (AvgIpc) is 2.09. The lowest BCUT2D eigenvalue weighted by Gasteiger charge is -2.04. The zero-order valence-corrected chi connectivity index (χ0v) is 10.1. The van der Waals surface area contributed by atoms with Crippen LogP contribution in [0.4, 0.5) is 0 Å². The molecule has 0 fully saturated rings. The molecule has 0 aromatic heterocycles. The zero-order chi connectivity index (χ0) is 11.9. The van der Waals surface area contributed by atoms with Crippen LogP contribution in [0.1, 0.15) is 26.7 Å². The molecule has 0 spiro atoms. The van der Waals surface area contributed by atoms with Crippen molar-refractivity contribution in [3.05, 3.63) is 11.0 Å². The Balaban J connectivity index is 4.06. The predicted molar refractivity (Wildman–Crippen MR) is 57.6 cm³/mol. The summed E-state index contributed by atoms with van der Waals surface area (Å²) >= 11 is 0. The van der Waals surface area contributed by atoms with Gasteiger partial charge in [0.15, 0.2) is 9.84 Å². The van der Waals surface area contributed by atoms with E-state index in [2.05, 4.69) is 5.48 Å². The predicted octanol–water partition coefficient (Wildman–Crippen LogP) is 0.783. The standard InChI is InChI=1S/C9H17NO4S/c1-4-5-6-14-10-9(11)8(2)7-15(3,12)13/h7H,4-6H2,1-3H3,(H,10,11)/b8-7+. The van der Waals surface area contributed by atoms with E-state index in [1.165, 1.54) is 6.92 Å². The molecule has 0 aliphatic rings. The number of unbranched alkanes of at least 4 members (excludes halogenated alkanes) is 1. The highest BCUT2D eigenvalue weighted by molar-refractivity contribution is 7.93. The number of hydrogen-bond acceptors (Lipinski definition) is 4. The Morgan fingerprint density at radius 3 is 2.53 bits per heavy atom. The number of sulfone groups is 1. The molecule has 88 valence electrons. The highest BCUT2D eigenvalue weighted by atomic mass is 32.2. The van der Waals surface area contributed by atoms with Crippen molar-refractivity contribution in [1.82, 2.24) is 5.48 Å². The van der Waals surface area contributed by atoms with E-state index in [0.717, 1.165) is 24.5 Å². The van der Waals surface area contributed by atoms with Crippen LogP contribution in [-0.4, -0.2) is 27.2 Å². The molecule has 5 nitrogen and oxygen atoms in total. The first-order chi connectivity index (χ1) is 6.87. The Labute approximate surface area is 90.4 Å². The van der Waals surface area contributed by atoms with E-state index in [4.69, 9.17) is 4.84 Å². The normalized spacial score (nSPS) is 12.6. The van der Waals surface area contributed by atoms with Gasteiger partial charge in [0.05, 0.1) is 6.61 Å². The summed E-state index contributed by atoms with van der Waals surface area (Å²) in [6, 6.07) is 0. The van der Waals surface area contributed by atoms with Gasteiger partial charge < -0.3 is 0 Å². The number of carbonyl (C=O) groups excluding carboxylic acids is 1. The largest absolute Gasteiger partial charge is 0.273 e. The number of nitrogens with one attached hydrogen (secondary N) is 1. The molecule has 0 heterocycles. The van der Waals surface area contributed by atoms with Gasteiger partial charge in [-0.15, -0.1) is 0 Å². The van der Waals surface area contributed by atoms with Gasteiger partial charge in [0, 0.05) is 17.2 Å². The van der Waals surface area contributed by atoms with E-state index >= 15 is 0 Å². The highest BCUT2D eigenvalue weighted by Crippen LogP contribution is 1.97. The van der Waals surface area contributed by atoms with Crippen LogP contribution in [0.5, 0.6) is 0 Å². The van der Waals surface area contributed by atoms with Crippen molar-refractivity contribution < 1.29 is 18.0 Å². The molecule has 0 unspecified atom stereocenters. The number of hydrogen-bond donors (Lipinski definition) is 1. The summed E-state index contributed by atoms with van der Waals surface area (Å²) in [6.07, 6.45) is 2.84. The van der Waals surface area contributed by atoms with Crippen LogP contribution in [0.2, 0.25) is 0 Å². The first-order valence-corrected chi connectivity index (χ1v) is 6.62. The van der Waals surface area contributed by atoms with Crippen molar-refractivity contribution in [3.8, 4) is 0 Å². The maximum atomic E-state index is 11.2. The van der Waals surface area contributed by atoms with Gasteiger partial charge in [0.2, 0.25) is 0 Å². The Kier molecular flexibility index (Phi) is 6.19. The summed E-state index contributed by atoms with van der Waals surface area (Å²) in [6.45, 7) is 3.84. The number of rotatable bonds is 6. The second-order valence-electron chi connectivity index (χ2n) is 3.26. The second kappa shape index (κ2) is 6.58. The van der Waals surface area contributed by atoms with E-state index in [1.54, 1.807) is 0 Å². The van der Waals surface area contributed by atoms with E-state index in [0.29, 0.717) is 6.61 Å². The van der Waals surface area contributed by atoms with Crippen molar-refractivity contribution in [3.63, 3.8) is 0 Å². The molecule has 0 rings (SSSR count). The zero-order valence-electron chi connectivity index (χ0n) is 9.24. The quantitative estimate of drug-likeness (QED) is 0.419. The van der Waals surface area contributed by atoms with Crippen LogP contribution in [-0.2, 0) is 19.5 Å². The van der Waals surface area contributed by atoms with Gasteiger partial charge in [-0.05, 0) is 13.3 Å². The van der Waals surface area contributed by atoms with E-state index in [9.17, 15) is 13.2 Å². The molecule has 0 atom stereocenters. The van der Waals surface area contributed by atoms with Crippen molar-refractivity contribution in [1.29, 1.82) is 0 Å². The Morgan fingerprint density at radius 1 is 1.47 bits per heavy atom. The third-order valence-corrected chi connectivity index (χ3v) is 2.30. The van der Waals surface area contributed by atoms with E-state index in [-0.39, 0.29) is 5.57 Å². The third-order valence-electron chi connectivity index (χ3n) is 1.51. The summed E-state index contributed by atoms with van der Waals surface area (Å²) in [7, 11) is -3.28. The summed E-state index contributed by atoms with van der Waals surface area (Å²) in [5, 5.41) is 0.908. The van der Waals surface area contributed by atoms with Crippen LogP contribution in [0.3, 0.4) is 0 Å². The lowest BCUT2D eigenvalue weighted by atomic mass is 10.3. The molecule has 0 radical (unpaired) electrons. The molecular weight excluding hydrogens is 218 g/mol. The van der Waals surface area contributed by atoms with Gasteiger partial charge in [-0.1, -0.05) is 13.3 Å². The molecule has 1 N–H and O–H groups in total.